The number of hydrogen-bond donors (Lipinski definition) is 2. The van der Waals surface area contributed by atoms with Crippen LogP contribution in [-0.4, -0.2) is 24.6 Å². The van der Waals surface area contributed by atoms with Crippen molar-refractivity contribution in [2.75, 3.05) is 6.61 Å². The summed E-state index contributed by atoms with van der Waals surface area (Å²) in [6.07, 6.45) is 0.608. The summed E-state index contributed by atoms with van der Waals surface area (Å²) in [5.74, 6) is -0.602. The van der Waals surface area contributed by atoms with E-state index in [0.717, 1.165) is 0 Å². The van der Waals surface area contributed by atoms with Gasteiger partial charge in [-0.25, -0.2) is 4.39 Å². The van der Waals surface area contributed by atoms with Crippen molar-refractivity contribution in [1.82, 2.24) is 5.32 Å². The van der Waals surface area contributed by atoms with Crippen LogP contribution in [0, 0.1) is 5.82 Å². The number of nitrogens with two attached hydrogens (primary N) is 1. The molecule has 7 heteroatoms. The highest BCUT2D eigenvalue weighted by Gasteiger charge is 2.31. The Morgan fingerprint density at radius 2 is 2.33 bits per heavy atom. The van der Waals surface area contributed by atoms with Crippen molar-refractivity contribution in [3.8, 4) is 0 Å². The van der Waals surface area contributed by atoms with Crippen molar-refractivity contribution in [2.24, 2.45) is 5.73 Å². The number of hydrogen-bond acceptors (Lipinski definition) is 3. The lowest BCUT2D eigenvalue weighted by Gasteiger charge is -2.21. The first kappa shape index (κ1) is 18.2. The number of benzene rings is 1. The molecule has 1 fully saturated rings. The molecule has 4 nitrogen and oxygen atoms in total. The lowest BCUT2D eigenvalue weighted by Crippen LogP contribution is -2.39. The SMILES string of the molecule is CC(N)CC(=O)NC1CCOC1c1ccc(Cl)c(F)c1.Cl. The molecule has 3 N–H and O–H groups in total. The van der Waals surface area contributed by atoms with E-state index < -0.39 is 5.82 Å². The minimum Gasteiger partial charge on any atom is -0.371 e. The minimum absolute atomic E-state index is 0. The van der Waals surface area contributed by atoms with Gasteiger partial charge in [-0.3, -0.25) is 4.79 Å². The Hall–Kier alpha value is -0.880. The predicted octanol–water partition coefficient (Wildman–Crippen LogP) is 2.58. The Labute approximate surface area is 134 Å². The summed E-state index contributed by atoms with van der Waals surface area (Å²) in [6, 6.07) is 4.20. The van der Waals surface area contributed by atoms with Gasteiger partial charge in [-0.05, 0) is 31.0 Å². The van der Waals surface area contributed by atoms with Crippen LogP contribution in [0.4, 0.5) is 4.39 Å². The molecule has 1 aromatic carbocycles. The molecule has 0 radical (unpaired) electrons. The number of rotatable bonds is 4. The zero-order valence-corrected chi connectivity index (χ0v) is 13.2. The molecule has 0 aromatic heterocycles. The Morgan fingerprint density at radius 1 is 1.62 bits per heavy atom. The molecule has 1 aromatic rings. The van der Waals surface area contributed by atoms with E-state index in [1.165, 1.54) is 12.1 Å². The van der Waals surface area contributed by atoms with E-state index in [0.29, 0.717) is 18.6 Å². The van der Waals surface area contributed by atoms with Crippen LogP contribution in [0.15, 0.2) is 18.2 Å². The number of ether oxygens (including phenoxy) is 1. The average molecular weight is 337 g/mol. The van der Waals surface area contributed by atoms with E-state index in [9.17, 15) is 9.18 Å². The fraction of sp³-hybridized carbons (Fsp3) is 0.500. The average Bonchev–Trinajstić information content (AvgIpc) is 2.79. The standard InChI is InChI=1S/C14H18ClFN2O2.ClH/c1-8(17)6-13(19)18-12-4-5-20-14(12)9-2-3-10(15)11(16)7-9;/h2-3,7-8,12,14H,4-6,17H2,1H3,(H,18,19);1H. The van der Waals surface area contributed by atoms with Gasteiger partial charge in [0.2, 0.25) is 5.91 Å². The molecule has 0 saturated carbocycles. The molecule has 0 aliphatic carbocycles. The molecule has 1 amide bonds. The molecule has 3 unspecified atom stereocenters. The zero-order chi connectivity index (χ0) is 14.7. The van der Waals surface area contributed by atoms with Crippen molar-refractivity contribution < 1.29 is 13.9 Å². The first-order chi connectivity index (χ1) is 9.47. The van der Waals surface area contributed by atoms with Gasteiger partial charge in [-0.2, -0.15) is 0 Å². The van der Waals surface area contributed by atoms with Crippen LogP contribution in [0.2, 0.25) is 5.02 Å². The van der Waals surface area contributed by atoms with Gasteiger partial charge in [-0.15, -0.1) is 12.4 Å². The fourth-order valence-corrected chi connectivity index (χ4v) is 2.43. The van der Waals surface area contributed by atoms with Crippen LogP contribution < -0.4 is 11.1 Å². The largest absolute Gasteiger partial charge is 0.371 e. The third kappa shape index (κ3) is 4.81. The second-order valence-electron chi connectivity index (χ2n) is 5.11. The molecule has 1 aliphatic heterocycles. The van der Waals surface area contributed by atoms with Gasteiger partial charge >= 0.3 is 0 Å². The molecule has 1 heterocycles. The normalized spacial score (nSPS) is 22.5. The van der Waals surface area contributed by atoms with E-state index in [-0.39, 0.29) is 47.9 Å². The van der Waals surface area contributed by atoms with E-state index in [2.05, 4.69) is 5.32 Å². The molecular weight excluding hydrogens is 318 g/mol. The number of amides is 1. The molecule has 2 rings (SSSR count). The van der Waals surface area contributed by atoms with Gasteiger partial charge < -0.3 is 15.8 Å². The maximum atomic E-state index is 13.5. The van der Waals surface area contributed by atoms with Gasteiger partial charge in [0, 0.05) is 19.1 Å². The molecule has 1 aliphatic rings. The van der Waals surface area contributed by atoms with E-state index in [4.69, 9.17) is 22.1 Å². The highest BCUT2D eigenvalue weighted by Crippen LogP contribution is 2.31. The second kappa shape index (κ2) is 7.94. The Kier molecular flexibility index (Phi) is 6.87. The summed E-state index contributed by atoms with van der Waals surface area (Å²) in [4.78, 5) is 11.8. The molecule has 21 heavy (non-hydrogen) atoms. The molecule has 1 saturated heterocycles. The molecular formula is C14H19Cl2FN2O2. The van der Waals surface area contributed by atoms with Crippen LogP contribution >= 0.6 is 24.0 Å². The quantitative estimate of drug-likeness (QED) is 0.888. The summed E-state index contributed by atoms with van der Waals surface area (Å²) < 4.78 is 19.1. The van der Waals surface area contributed by atoms with Crippen molar-refractivity contribution in [2.45, 2.75) is 38.0 Å². The van der Waals surface area contributed by atoms with Crippen molar-refractivity contribution in [1.29, 1.82) is 0 Å². The minimum atomic E-state index is -0.486. The van der Waals surface area contributed by atoms with Crippen molar-refractivity contribution in [3.63, 3.8) is 0 Å². The molecule has 0 bridgehead atoms. The summed E-state index contributed by atoms with van der Waals surface area (Å²) in [7, 11) is 0. The number of nitrogens with one attached hydrogen (secondary N) is 1. The Balaban J connectivity index is 0.00000220. The third-order valence-corrected chi connectivity index (χ3v) is 3.52. The highest BCUT2D eigenvalue weighted by molar-refractivity contribution is 6.30. The van der Waals surface area contributed by atoms with Crippen LogP contribution in [0.5, 0.6) is 0 Å². The first-order valence-electron chi connectivity index (χ1n) is 6.59. The van der Waals surface area contributed by atoms with Crippen LogP contribution in [0.3, 0.4) is 0 Å². The van der Waals surface area contributed by atoms with E-state index >= 15 is 0 Å². The van der Waals surface area contributed by atoms with Gasteiger partial charge in [0.25, 0.3) is 0 Å². The molecule has 0 spiro atoms. The lowest BCUT2D eigenvalue weighted by molar-refractivity contribution is -0.122. The maximum absolute atomic E-state index is 13.5. The Morgan fingerprint density at radius 3 is 2.95 bits per heavy atom. The van der Waals surface area contributed by atoms with Gasteiger partial charge in [0.15, 0.2) is 0 Å². The summed E-state index contributed by atoms with van der Waals surface area (Å²) >= 11 is 5.67. The summed E-state index contributed by atoms with van der Waals surface area (Å²) in [5, 5.41) is 2.97. The molecule has 118 valence electrons. The van der Waals surface area contributed by atoms with Gasteiger partial charge in [0.1, 0.15) is 11.9 Å². The van der Waals surface area contributed by atoms with Crippen molar-refractivity contribution >= 4 is 29.9 Å². The Bertz CT molecular complexity index is 500. The van der Waals surface area contributed by atoms with E-state index in [1.807, 2.05) is 0 Å². The van der Waals surface area contributed by atoms with Crippen molar-refractivity contribution in [3.05, 3.63) is 34.6 Å². The first-order valence-corrected chi connectivity index (χ1v) is 6.96. The van der Waals surface area contributed by atoms with Crippen LogP contribution in [0.25, 0.3) is 0 Å². The topological polar surface area (TPSA) is 64.4 Å². The van der Waals surface area contributed by atoms with E-state index in [1.54, 1.807) is 13.0 Å². The number of halogens is 3. The fourth-order valence-electron chi connectivity index (χ4n) is 2.31. The predicted molar refractivity (Wildman–Crippen MR) is 82.2 cm³/mol. The van der Waals surface area contributed by atoms with Gasteiger partial charge in [0.05, 0.1) is 11.1 Å². The third-order valence-electron chi connectivity index (χ3n) is 3.22. The molecule has 3 atom stereocenters. The smallest absolute Gasteiger partial charge is 0.221 e. The summed E-state index contributed by atoms with van der Waals surface area (Å²) in [5.41, 5.74) is 6.27. The maximum Gasteiger partial charge on any atom is 0.221 e. The lowest BCUT2D eigenvalue weighted by atomic mass is 10.0. The summed E-state index contributed by atoms with van der Waals surface area (Å²) in [6.45, 7) is 2.30. The monoisotopic (exact) mass is 336 g/mol. The van der Waals surface area contributed by atoms with Crippen LogP contribution in [-0.2, 0) is 9.53 Å². The zero-order valence-electron chi connectivity index (χ0n) is 11.6. The van der Waals surface area contributed by atoms with Gasteiger partial charge in [-0.1, -0.05) is 17.7 Å². The highest BCUT2D eigenvalue weighted by atomic mass is 35.5. The number of carbonyl (C=O) groups excluding carboxylic acids is 1. The second-order valence-corrected chi connectivity index (χ2v) is 5.52. The number of carbonyl (C=O) groups is 1. The van der Waals surface area contributed by atoms with Crippen LogP contribution in [0.1, 0.15) is 31.4 Å².